The van der Waals surface area contributed by atoms with Crippen LogP contribution >= 0.6 is 0 Å². The molecule has 8 nitrogen and oxygen atoms in total. The van der Waals surface area contributed by atoms with E-state index in [9.17, 15) is 4.79 Å². The molecule has 0 unspecified atom stereocenters. The molecule has 0 saturated carbocycles. The quantitative estimate of drug-likeness (QED) is 0.805. The van der Waals surface area contributed by atoms with Crippen LogP contribution in [0.5, 0.6) is 0 Å². The lowest BCUT2D eigenvalue weighted by molar-refractivity contribution is 0.102. The predicted molar refractivity (Wildman–Crippen MR) is 65.2 cm³/mol. The maximum atomic E-state index is 11.9. The number of nitrogens with one attached hydrogen (secondary N) is 2. The van der Waals surface area contributed by atoms with E-state index >= 15 is 0 Å². The first-order chi connectivity index (χ1) is 8.69. The number of nitrogens with zero attached hydrogens (tertiary/aromatic N) is 5. The molecule has 0 aliphatic carbocycles. The van der Waals surface area contributed by atoms with E-state index < -0.39 is 0 Å². The number of pyridine rings is 1. The zero-order valence-electron chi connectivity index (χ0n) is 10.1. The van der Waals surface area contributed by atoms with E-state index in [0.717, 1.165) is 6.54 Å². The Morgan fingerprint density at radius 2 is 2.28 bits per heavy atom. The zero-order chi connectivity index (χ0) is 13.0. The number of hydrogen-bond donors (Lipinski definition) is 2. The van der Waals surface area contributed by atoms with E-state index in [4.69, 9.17) is 0 Å². The monoisotopic (exact) mass is 247 g/mol. The molecule has 0 aromatic carbocycles. The van der Waals surface area contributed by atoms with Gasteiger partial charge in [0.25, 0.3) is 11.9 Å². The van der Waals surface area contributed by atoms with Crippen LogP contribution < -0.4 is 10.6 Å². The van der Waals surface area contributed by atoms with Crippen molar-refractivity contribution in [3.05, 3.63) is 23.9 Å². The summed E-state index contributed by atoms with van der Waals surface area (Å²) in [7, 11) is 1.62. The number of aryl methyl sites for hydroxylation is 1. The van der Waals surface area contributed by atoms with Crippen molar-refractivity contribution in [1.29, 1.82) is 0 Å². The minimum atomic E-state index is -0.372. The Morgan fingerprint density at radius 3 is 2.94 bits per heavy atom. The van der Waals surface area contributed by atoms with Crippen molar-refractivity contribution < 1.29 is 4.79 Å². The summed E-state index contributed by atoms with van der Waals surface area (Å²) in [5, 5.41) is 16.7. The Hall–Kier alpha value is -2.51. The molecule has 0 atom stereocenters. The topological polar surface area (TPSA) is 97.6 Å². The van der Waals surface area contributed by atoms with Crippen LogP contribution in [0.2, 0.25) is 0 Å². The van der Waals surface area contributed by atoms with Crippen molar-refractivity contribution in [2.75, 3.05) is 17.2 Å². The normalized spacial score (nSPS) is 10.1. The Morgan fingerprint density at radius 1 is 1.44 bits per heavy atom. The molecule has 1 amide bonds. The number of anilines is 2. The van der Waals surface area contributed by atoms with E-state index in [1.54, 1.807) is 25.2 Å². The molecule has 2 aromatic rings. The average molecular weight is 247 g/mol. The van der Waals surface area contributed by atoms with E-state index in [-0.39, 0.29) is 11.9 Å². The van der Waals surface area contributed by atoms with Crippen molar-refractivity contribution >= 4 is 17.7 Å². The fourth-order valence-corrected chi connectivity index (χ4v) is 1.34. The molecule has 2 aromatic heterocycles. The first-order valence-electron chi connectivity index (χ1n) is 5.45. The van der Waals surface area contributed by atoms with Gasteiger partial charge in [-0.3, -0.25) is 10.1 Å². The summed E-state index contributed by atoms with van der Waals surface area (Å²) in [5.41, 5.74) is 0.293. The predicted octanol–water partition coefficient (Wildman–Crippen LogP) is 0.289. The highest BCUT2D eigenvalue weighted by Gasteiger charge is 2.10. The van der Waals surface area contributed by atoms with E-state index in [1.807, 2.05) is 6.92 Å². The van der Waals surface area contributed by atoms with Crippen LogP contribution in [0.25, 0.3) is 0 Å². The third-order valence-corrected chi connectivity index (χ3v) is 2.07. The minimum Gasteiger partial charge on any atom is -0.370 e. The Bertz CT molecular complexity index is 551. The molecule has 18 heavy (non-hydrogen) atoms. The number of carbonyl (C=O) groups excluding carboxylic acids is 1. The molecule has 0 saturated heterocycles. The van der Waals surface area contributed by atoms with Gasteiger partial charge in [0.2, 0.25) is 0 Å². The first kappa shape index (κ1) is 12.0. The molecule has 0 aliphatic heterocycles. The average Bonchev–Trinajstić information content (AvgIpc) is 2.75. The Balaban J connectivity index is 2.11. The molecule has 2 rings (SSSR count). The van der Waals surface area contributed by atoms with E-state index in [2.05, 4.69) is 31.0 Å². The van der Waals surface area contributed by atoms with Gasteiger partial charge in [-0.05, 0) is 24.3 Å². The largest absolute Gasteiger partial charge is 0.370 e. The van der Waals surface area contributed by atoms with Gasteiger partial charge in [-0.2, -0.15) is 4.80 Å². The lowest BCUT2D eigenvalue weighted by Crippen LogP contribution is -2.15. The number of tetrazole rings is 1. The van der Waals surface area contributed by atoms with Crippen LogP contribution in [0.4, 0.5) is 11.8 Å². The van der Waals surface area contributed by atoms with Gasteiger partial charge in [0, 0.05) is 6.54 Å². The minimum absolute atomic E-state index is 0.151. The maximum absolute atomic E-state index is 11.9. The molecule has 0 spiro atoms. The molecule has 0 aliphatic rings. The number of hydrogen-bond acceptors (Lipinski definition) is 6. The second-order valence-corrected chi connectivity index (χ2v) is 3.50. The van der Waals surface area contributed by atoms with Gasteiger partial charge in [-0.25, -0.2) is 4.98 Å². The molecule has 94 valence electrons. The van der Waals surface area contributed by atoms with Crippen LogP contribution in [0.1, 0.15) is 17.4 Å². The Kier molecular flexibility index (Phi) is 3.46. The van der Waals surface area contributed by atoms with Gasteiger partial charge < -0.3 is 5.32 Å². The molecule has 0 bridgehead atoms. The molecule has 0 fully saturated rings. The fraction of sp³-hybridized carbons (Fsp3) is 0.300. The van der Waals surface area contributed by atoms with E-state index in [0.29, 0.717) is 11.5 Å². The number of amides is 1. The van der Waals surface area contributed by atoms with Crippen molar-refractivity contribution in [2.45, 2.75) is 6.92 Å². The lowest BCUT2D eigenvalue weighted by Gasteiger charge is -2.04. The summed E-state index contributed by atoms with van der Waals surface area (Å²) in [6.07, 6.45) is 0. The summed E-state index contributed by atoms with van der Waals surface area (Å²) >= 11 is 0. The Labute approximate surface area is 103 Å². The summed E-state index contributed by atoms with van der Waals surface area (Å²) in [6.45, 7) is 2.70. The van der Waals surface area contributed by atoms with Crippen LogP contribution in [-0.2, 0) is 7.05 Å². The second-order valence-electron chi connectivity index (χ2n) is 3.50. The molecule has 0 radical (unpaired) electrons. The lowest BCUT2D eigenvalue weighted by atomic mass is 10.3. The number of aromatic nitrogens is 5. The van der Waals surface area contributed by atoms with Crippen molar-refractivity contribution in [1.82, 2.24) is 25.2 Å². The third kappa shape index (κ3) is 2.78. The fourth-order valence-electron chi connectivity index (χ4n) is 1.34. The third-order valence-electron chi connectivity index (χ3n) is 2.07. The molecule has 2 heterocycles. The van der Waals surface area contributed by atoms with Crippen LogP contribution in [0.15, 0.2) is 18.2 Å². The van der Waals surface area contributed by atoms with Crippen LogP contribution in [0, 0.1) is 0 Å². The van der Waals surface area contributed by atoms with Gasteiger partial charge >= 0.3 is 0 Å². The van der Waals surface area contributed by atoms with Gasteiger partial charge in [-0.1, -0.05) is 11.2 Å². The zero-order valence-corrected chi connectivity index (χ0v) is 10.1. The molecule has 8 heteroatoms. The van der Waals surface area contributed by atoms with Crippen molar-refractivity contribution in [2.24, 2.45) is 7.05 Å². The number of rotatable bonds is 4. The van der Waals surface area contributed by atoms with Crippen LogP contribution in [0.3, 0.4) is 0 Å². The number of carbonyl (C=O) groups is 1. The van der Waals surface area contributed by atoms with E-state index in [1.165, 1.54) is 4.80 Å². The highest BCUT2D eigenvalue weighted by atomic mass is 16.2. The SMILES string of the molecule is CCNc1cccc(C(=O)Nc2nnn(C)n2)n1. The molecule has 2 N–H and O–H groups in total. The van der Waals surface area contributed by atoms with Gasteiger partial charge in [-0.15, -0.1) is 5.10 Å². The van der Waals surface area contributed by atoms with Gasteiger partial charge in [0.15, 0.2) is 0 Å². The van der Waals surface area contributed by atoms with Crippen molar-refractivity contribution in [3.63, 3.8) is 0 Å². The second kappa shape index (κ2) is 5.21. The summed E-state index contributed by atoms with van der Waals surface area (Å²) in [4.78, 5) is 17.3. The summed E-state index contributed by atoms with van der Waals surface area (Å²) in [6, 6.07) is 5.16. The summed E-state index contributed by atoms with van der Waals surface area (Å²) in [5.74, 6) is 0.429. The first-order valence-corrected chi connectivity index (χ1v) is 5.45. The standard InChI is InChI=1S/C10H13N7O/c1-3-11-8-6-4-5-7(12-8)9(18)13-10-14-16-17(2)15-10/h4-6H,3H2,1-2H3,(H,11,12)(H,13,15,18). The van der Waals surface area contributed by atoms with Crippen molar-refractivity contribution in [3.8, 4) is 0 Å². The van der Waals surface area contributed by atoms with Crippen LogP contribution in [-0.4, -0.2) is 37.6 Å². The molecular weight excluding hydrogens is 234 g/mol. The van der Waals surface area contributed by atoms with Gasteiger partial charge in [0.05, 0.1) is 7.05 Å². The maximum Gasteiger partial charge on any atom is 0.276 e. The highest BCUT2D eigenvalue weighted by Crippen LogP contribution is 2.06. The summed E-state index contributed by atoms with van der Waals surface area (Å²) < 4.78 is 0. The van der Waals surface area contributed by atoms with Gasteiger partial charge in [0.1, 0.15) is 11.5 Å². The smallest absolute Gasteiger partial charge is 0.276 e. The highest BCUT2D eigenvalue weighted by molar-refractivity contribution is 6.01. The molecular formula is C10H13N7O.